The highest BCUT2D eigenvalue weighted by Gasteiger charge is 2.33. The van der Waals surface area contributed by atoms with Gasteiger partial charge < -0.3 is 5.32 Å². The molecule has 3 N–H and O–H groups in total. The van der Waals surface area contributed by atoms with Crippen molar-refractivity contribution < 1.29 is 21.2 Å². The minimum Gasteiger partial charge on any atom is -0.380 e. The summed E-state index contributed by atoms with van der Waals surface area (Å²) in [5, 5.41) is 4.59. The van der Waals surface area contributed by atoms with E-state index in [1.54, 1.807) is 12.3 Å². The van der Waals surface area contributed by atoms with Crippen molar-refractivity contribution in [2.75, 3.05) is 18.9 Å². The number of alkyl halides is 1. The van der Waals surface area contributed by atoms with E-state index in [0.29, 0.717) is 35.4 Å². The zero-order valence-electron chi connectivity index (χ0n) is 20.9. The van der Waals surface area contributed by atoms with Gasteiger partial charge in [0.25, 0.3) is 10.0 Å². The highest BCUT2D eigenvalue weighted by Crippen LogP contribution is 2.42. The van der Waals surface area contributed by atoms with E-state index in [-0.39, 0.29) is 22.5 Å². The van der Waals surface area contributed by atoms with Gasteiger partial charge >= 0.3 is 0 Å². The van der Waals surface area contributed by atoms with Gasteiger partial charge in [-0.05, 0) is 82.0 Å². The predicted molar refractivity (Wildman–Crippen MR) is 139 cm³/mol. The van der Waals surface area contributed by atoms with Gasteiger partial charge in [0.05, 0.1) is 16.8 Å². The molecule has 198 valence electrons. The van der Waals surface area contributed by atoms with Crippen molar-refractivity contribution >= 4 is 36.5 Å². The molecule has 2 aliphatic rings. The van der Waals surface area contributed by atoms with Crippen molar-refractivity contribution in [1.82, 2.24) is 19.4 Å². The lowest BCUT2D eigenvalue weighted by Crippen LogP contribution is -2.36. The first-order valence-electron chi connectivity index (χ1n) is 12.2. The van der Waals surface area contributed by atoms with Gasteiger partial charge in [-0.15, -0.1) is 0 Å². The maximum Gasteiger partial charge on any atom is 0.257 e. The molecule has 5 rings (SSSR count). The Bertz CT molecular complexity index is 1570. The van der Waals surface area contributed by atoms with Crippen LogP contribution >= 0.6 is 0 Å². The molecule has 0 unspecified atom stereocenters. The van der Waals surface area contributed by atoms with Gasteiger partial charge in [0.1, 0.15) is 5.67 Å². The molecule has 1 aromatic carbocycles. The Morgan fingerprint density at radius 3 is 2.41 bits per heavy atom. The number of halogens is 1. The SMILES string of the molecule is CNS(=O)(=O)c1ccc(N[C@@H]2Cc3cc4cnc(C5CC5)cc4c(S(=O)(=O)NCC(C)(C)F)c3C2)cn1. The van der Waals surface area contributed by atoms with E-state index in [1.807, 2.05) is 12.1 Å². The van der Waals surface area contributed by atoms with Crippen molar-refractivity contribution in [2.24, 2.45) is 0 Å². The first-order valence-corrected chi connectivity index (χ1v) is 15.1. The number of anilines is 1. The summed E-state index contributed by atoms with van der Waals surface area (Å²) in [4.78, 5) is 8.79. The molecule has 0 bridgehead atoms. The van der Waals surface area contributed by atoms with Gasteiger partial charge in [-0.2, -0.15) is 0 Å². The van der Waals surface area contributed by atoms with Crippen LogP contribution in [0.2, 0.25) is 0 Å². The number of hydrogen-bond donors (Lipinski definition) is 3. The molecule has 1 saturated carbocycles. The molecular weight excluding hydrogens is 517 g/mol. The zero-order valence-corrected chi connectivity index (χ0v) is 22.5. The van der Waals surface area contributed by atoms with Gasteiger partial charge in [-0.1, -0.05) is 0 Å². The Morgan fingerprint density at radius 1 is 1.03 bits per heavy atom. The minimum absolute atomic E-state index is 0.0873. The lowest BCUT2D eigenvalue weighted by atomic mass is 10.0. The van der Waals surface area contributed by atoms with Crippen LogP contribution in [0.3, 0.4) is 0 Å². The van der Waals surface area contributed by atoms with E-state index in [4.69, 9.17) is 0 Å². The second-order valence-corrected chi connectivity index (χ2v) is 13.9. The molecule has 2 aliphatic carbocycles. The third-order valence-corrected chi connectivity index (χ3v) is 9.56. The summed E-state index contributed by atoms with van der Waals surface area (Å²) in [7, 11) is -6.35. The Balaban J connectivity index is 1.50. The third-order valence-electron chi connectivity index (χ3n) is 6.71. The van der Waals surface area contributed by atoms with Gasteiger partial charge in [-0.25, -0.2) is 35.7 Å². The fraction of sp³-hybridized carbons (Fsp3) is 0.440. The fourth-order valence-corrected chi connectivity index (χ4v) is 7.01. The average molecular weight is 548 g/mol. The van der Waals surface area contributed by atoms with Crippen LogP contribution in [0.15, 0.2) is 46.6 Å². The molecule has 37 heavy (non-hydrogen) atoms. The van der Waals surface area contributed by atoms with Crippen LogP contribution in [0.4, 0.5) is 10.1 Å². The lowest BCUT2D eigenvalue weighted by Gasteiger charge is -2.18. The van der Waals surface area contributed by atoms with Crippen LogP contribution in [0.5, 0.6) is 0 Å². The van der Waals surface area contributed by atoms with Crippen molar-refractivity contribution in [3.05, 3.63) is 53.5 Å². The van der Waals surface area contributed by atoms with E-state index in [1.165, 1.54) is 33.2 Å². The number of hydrogen-bond acceptors (Lipinski definition) is 7. The van der Waals surface area contributed by atoms with Crippen molar-refractivity contribution in [2.45, 2.75) is 67.1 Å². The van der Waals surface area contributed by atoms with Crippen LogP contribution < -0.4 is 14.8 Å². The molecule has 0 radical (unpaired) electrons. The summed E-state index contributed by atoms with van der Waals surface area (Å²) in [5.41, 5.74) is 1.38. The Labute approximate surface area is 216 Å². The van der Waals surface area contributed by atoms with Crippen LogP contribution in [0.1, 0.15) is 49.4 Å². The highest BCUT2D eigenvalue weighted by atomic mass is 32.2. The molecule has 1 fully saturated rings. The molecule has 0 aliphatic heterocycles. The molecule has 0 saturated heterocycles. The Kier molecular flexibility index (Phi) is 6.50. The number of rotatable bonds is 9. The summed E-state index contributed by atoms with van der Waals surface area (Å²) in [6.45, 7) is 2.33. The van der Waals surface area contributed by atoms with E-state index in [0.717, 1.165) is 29.5 Å². The Morgan fingerprint density at radius 2 is 1.78 bits per heavy atom. The second kappa shape index (κ2) is 9.26. The Hall–Kier alpha value is -2.67. The highest BCUT2D eigenvalue weighted by molar-refractivity contribution is 7.90. The molecule has 9 nitrogen and oxygen atoms in total. The monoisotopic (exact) mass is 547 g/mol. The average Bonchev–Trinajstić information content (AvgIpc) is 3.61. The molecule has 2 heterocycles. The number of aromatic nitrogens is 2. The van der Waals surface area contributed by atoms with Crippen molar-refractivity contribution in [1.29, 1.82) is 0 Å². The van der Waals surface area contributed by atoms with Gasteiger partial charge in [0, 0.05) is 41.2 Å². The standard InChI is InChI=1S/C25H30FN5O4S2/c1-25(2,26)14-30-37(34,35)24-20-10-19(31-18-6-7-23(29-13-18)36(32,33)27-3)9-16(20)8-17-12-28-22(11-21(17)24)15-4-5-15/h6-8,11-13,15,19,27,30-31H,4-5,9-10,14H2,1-3H3/t19-/m1/s1. The van der Waals surface area contributed by atoms with Gasteiger partial charge in [-0.3, -0.25) is 4.98 Å². The first kappa shape index (κ1) is 26.0. The van der Waals surface area contributed by atoms with E-state index >= 15 is 0 Å². The molecule has 2 aromatic heterocycles. The van der Waals surface area contributed by atoms with E-state index in [2.05, 4.69) is 24.7 Å². The number of pyridine rings is 2. The van der Waals surface area contributed by atoms with Crippen LogP contribution in [0.25, 0.3) is 10.8 Å². The van der Waals surface area contributed by atoms with Crippen molar-refractivity contribution in [3.8, 4) is 0 Å². The molecule has 12 heteroatoms. The van der Waals surface area contributed by atoms with Crippen molar-refractivity contribution in [3.63, 3.8) is 0 Å². The third kappa shape index (κ3) is 5.47. The normalized spacial score (nSPS) is 18.2. The molecule has 1 atom stereocenters. The molecule has 3 aromatic rings. The summed E-state index contributed by atoms with van der Waals surface area (Å²) in [6.07, 6.45) is 6.23. The smallest absolute Gasteiger partial charge is 0.257 e. The molecule has 0 spiro atoms. The van der Waals surface area contributed by atoms with E-state index < -0.39 is 25.7 Å². The predicted octanol–water partition coefficient (Wildman–Crippen LogP) is 3.02. The number of fused-ring (bicyclic) bond motifs is 2. The second-order valence-electron chi connectivity index (χ2n) is 10.3. The maximum atomic E-state index is 14.2. The number of benzene rings is 1. The summed E-state index contributed by atoms with van der Waals surface area (Å²) in [5.74, 6) is 0.350. The zero-order chi connectivity index (χ0) is 26.6. The molecular formula is C25H30FN5O4S2. The number of sulfonamides is 2. The maximum absolute atomic E-state index is 14.2. The van der Waals surface area contributed by atoms with E-state index in [9.17, 15) is 21.2 Å². The number of nitrogens with one attached hydrogen (secondary N) is 3. The van der Waals surface area contributed by atoms with Crippen LogP contribution in [0, 0.1) is 0 Å². The van der Waals surface area contributed by atoms with Crippen LogP contribution in [-0.2, 0) is 32.9 Å². The summed E-state index contributed by atoms with van der Waals surface area (Å²) >= 11 is 0. The molecule has 0 amide bonds. The topological polar surface area (TPSA) is 130 Å². The fourth-order valence-electron chi connectivity index (χ4n) is 4.68. The quantitative estimate of drug-likeness (QED) is 0.375. The van der Waals surface area contributed by atoms with Gasteiger partial charge in [0.2, 0.25) is 10.0 Å². The lowest BCUT2D eigenvalue weighted by molar-refractivity contribution is 0.221. The number of nitrogens with zero attached hydrogens (tertiary/aromatic N) is 2. The minimum atomic E-state index is -4.02. The largest absolute Gasteiger partial charge is 0.380 e. The summed E-state index contributed by atoms with van der Waals surface area (Å²) < 4.78 is 70.0. The first-order chi connectivity index (χ1) is 17.4. The van der Waals surface area contributed by atoms with Crippen LogP contribution in [-0.4, -0.2) is 52.1 Å². The summed E-state index contributed by atoms with van der Waals surface area (Å²) in [6, 6.07) is 6.75. The van der Waals surface area contributed by atoms with Gasteiger partial charge in [0.15, 0.2) is 5.03 Å².